The molecule has 9 heteroatoms. The zero-order valence-corrected chi connectivity index (χ0v) is 21.2. The van der Waals surface area contributed by atoms with E-state index in [0.29, 0.717) is 26.4 Å². The first-order chi connectivity index (χ1) is 17.3. The van der Waals surface area contributed by atoms with E-state index < -0.39 is 18.0 Å². The van der Waals surface area contributed by atoms with Gasteiger partial charge >= 0.3 is 11.9 Å². The van der Waals surface area contributed by atoms with E-state index in [9.17, 15) is 14.4 Å². The molecule has 3 aromatic rings. The topological polar surface area (TPSA) is 96.2 Å². The lowest BCUT2D eigenvalue weighted by Crippen LogP contribution is -2.40. The number of hydrogen-bond donors (Lipinski definition) is 0. The second-order valence-electron chi connectivity index (χ2n) is 8.38. The number of thiazole rings is 1. The van der Waals surface area contributed by atoms with Gasteiger partial charge in [-0.15, -0.1) is 0 Å². The Morgan fingerprint density at radius 1 is 1.11 bits per heavy atom. The number of methoxy groups -OCH3 is 1. The highest BCUT2D eigenvalue weighted by atomic mass is 32.1. The summed E-state index contributed by atoms with van der Waals surface area (Å²) in [6.07, 6.45) is 1.46. The molecule has 2 aromatic carbocycles. The molecule has 4 rings (SSSR count). The van der Waals surface area contributed by atoms with E-state index in [4.69, 9.17) is 9.47 Å². The molecule has 8 nitrogen and oxygen atoms in total. The van der Waals surface area contributed by atoms with Gasteiger partial charge in [0.05, 0.1) is 35.1 Å². The molecule has 1 aromatic heterocycles. The fraction of sp³-hybridized carbons (Fsp3) is 0.259. The Hall–Kier alpha value is -3.98. The Morgan fingerprint density at radius 3 is 2.44 bits per heavy atom. The number of ether oxygens (including phenoxy) is 3. The summed E-state index contributed by atoms with van der Waals surface area (Å²) in [6, 6.07) is 15.7. The molecule has 0 N–H and O–H groups in total. The lowest BCUT2D eigenvalue weighted by atomic mass is 9.96. The van der Waals surface area contributed by atoms with E-state index >= 15 is 0 Å². The van der Waals surface area contributed by atoms with Crippen LogP contribution in [0.3, 0.4) is 0 Å². The van der Waals surface area contributed by atoms with Gasteiger partial charge in [0.2, 0.25) is 0 Å². The largest absolute Gasteiger partial charge is 0.482 e. The summed E-state index contributed by atoms with van der Waals surface area (Å²) in [5, 5.41) is 0. The third kappa shape index (κ3) is 5.31. The summed E-state index contributed by atoms with van der Waals surface area (Å²) >= 11 is 1.26. The van der Waals surface area contributed by atoms with Gasteiger partial charge in [0, 0.05) is 0 Å². The Balaban J connectivity index is 1.76. The summed E-state index contributed by atoms with van der Waals surface area (Å²) in [7, 11) is 1.30. The molecule has 0 saturated carbocycles. The molecule has 1 atom stereocenters. The Kier molecular flexibility index (Phi) is 7.49. The molecule has 2 heterocycles. The van der Waals surface area contributed by atoms with E-state index in [2.05, 4.69) is 9.73 Å². The van der Waals surface area contributed by atoms with E-state index in [1.165, 1.54) is 18.4 Å². The van der Waals surface area contributed by atoms with Crippen molar-refractivity contribution in [2.45, 2.75) is 32.9 Å². The number of rotatable bonds is 7. The molecule has 1 unspecified atom stereocenters. The van der Waals surface area contributed by atoms with E-state index in [1.54, 1.807) is 55.7 Å². The molecule has 36 heavy (non-hydrogen) atoms. The maximum Gasteiger partial charge on any atom is 0.343 e. The first-order valence-electron chi connectivity index (χ1n) is 11.4. The van der Waals surface area contributed by atoms with Crippen LogP contribution in [0, 0.1) is 0 Å². The van der Waals surface area contributed by atoms with Gasteiger partial charge in [-0.2, -0.15) is 0 Å². The van der Waals surface area contributed by atoms with Crippen molar-refractivity contribution in [3.05, 3.63) is 96.7 Å². The van der Waals surface area contributed by atoms with Crippen LogP contribution in [-0.4, -0.2) is 36.3 Å². The molecule has 0 bridgehead atoms. The van der Waals surface area contributed by atoms with Crippen molar-refractivity contribution in [3.63, 3.8) is 0 Å². The van der Waals surface area contributed by atoms with Gasteiger partial charge in [-0.3, -0.25) is 9.36 Å². The van der Waals surface area contributed by atoms with Gasteiger partial charge in [0.15, 0.2) is 11.4 Å². The van der Waals surface area contributed by atoms with Gasteiger partial charge in [-0.05, 0) is 50.1 Å². The first-order valence-corrected chi connectivity index (χ1v) is 12.2. The van der Waals surface area contributed by atoms with E-state index in [-0.39, 0.29) is 18.3 Å². The third-order valence-corrected chi connectivity index (χ3v) is 6.44. The number of carbonyl (C=O) groups is 2. The van der Waals surface area contributed by atoms with E-state index in [1.807, 2.05) is 30.3 Å². The minimum atomic E-state index is -0.648. The number of nitrogens with zero attached hydrogens (tertiary/aromatic N) is 2. The second kappa shape index (κ2) is 10.7. The highest BCUT2D eigenvalue weighted by Crippen LogP contribution is 2.30. The van der Waals surface area contributed by atoms with Crippen molar-refractivity contribution >= 4 is 29.4 Å². The van der Waals surface area contributed by atoms with Crippen LogP contribution < -0.4 is 19.6 Å². The average molecular weight is 507 g/mol. The molecule has 0 amide bonds. The standard InChI is InChI=1S/C27H26N2O6S/c1-16(2)35-26(32)23-17(3)28-27-29(24(23)19-8-6-5-7-9-19)25(31)21(36-27)14-18-10-12-20(13-11-18)34-15-22(30)33-4/h5-14,16,24H,15H2,1-4H3. The number of esters is 2. The smallest absolute Gasteiger partial charge is 0.343 e. The summed E-state index contributed by atoms with van der Waals surface area (Å²) in [5.74, 6) is -0.455. The number of benzene rings is 2. The summed E-state index contributed by atoms with van der Waals surface area (Å²) in [5.41, 5.74) is 2.19. The van der Waals surface area contributed by atoms with Crippen LogP contribution in [0.15, 0.2) is 75.7 Å². The molecule has 0 saturated heterocycles. The van der Waals surface area contributed by atoms with Crippen molar-refractivity contribution < 1.29 is 23.8 Å². The molecule has 186 valence electrons. The zero-order valence-electron chi connectivity index (χ0n) is 20.4. The Bertz CT molecular complexity index is 1480. The van der Waals surface area contributed by atoms with Crippen LogP contribution in [0.4, 0.5) is 0 Å². The van der Waals surface area contributed by atoms with Crippen LogP contribution in [0.1, 0.15) is 37.9 Å². The Labute approximate surface area is 211 Å². The van der Waals surface area contributed by atoms with Crippen LogP contribution in [0.25, 0.3) is 6.08 Å². The van der Waals surface area contributed by atoms with Gasteiger partial charge in [0.1, 0.15) is 5.75 Å². The lowest BCUT2D eigenvalue weighted by molar-refractivity contribution is -0.144. The van der Waals surface area contributed by atoms with Crippen molar-refractivity contribution in [2.24, 2.45) is 4.99 Å². The summed E-state index contributed by atoms with van der Waals surface area (Å²) in [6.45, 7) is 5.14. The molecule has 1 aliphatic rings. The SMILES string of the molecule is COC(=O)COc1ccc(C=c2sc3n(c2=O)C(c2ccccc2)C(C(=O)OC(C)C)=C(C)N=3)cc1. The normalized spacial score (nSPS) is 15.4. The molecule has 0 fully saturated rings. The monoisotopic (exact) mass is 506 g/mol. The predicted molar refractivity (Wildman–Crippen MR) is 135 cm³/mol. The van der Waals surface area contributed by atoms with Crippen molar-refractivity contribution in [2.75, 3.05) is 13.7 Å². The minimum absolute atomic E-state index is 0.186. The minimum Gasteiger partial charge on any atom is -0.482 e. The highest BCUT2D eigenvalue weighted by Gasteiger charge is 2.33. The number of aromatic nitrogens is 1. The molecule has 0 aliphatic carbocycles. The second-order valence-corrected chi connectivity index (χ2v) is 9.39. The van der Waals surface area contributed by atoms with Crippen molar-refractivity contribution in [1.82, 2.24) is 4.57 Å². The zero-order chi connectivity index (χ0) is 25.8. The summed E-state index contributed by atoms with van der Waals surface area (Å²) in [4.78, 5) is 43.0. The molecule has 1 aliphatic heterocycles. The van der Waals surface area contributed by atoms with Crippen molar-refractivity contribution in [3.8, 4) is 5.75 Å². The maximum absolute atomic E-state index is 13.6. The van der Waals surface area contributed by atoms with Gasteiger partial charge < -0.3 is 14.2 Å². The number of carbonyl (C=O) groups excluding carboxylic acids is 2. The highest BCUT2D eigenvalue weighted by molar-refractivity contribution is 7.07. The summed E-state index contributed by atoms with van der Waals surface area (Å²) < 4.78 is 17.5. The molecular formula is C27H26N2O6S. The number of hydrogen-bond acceptors (Lipinski definition) is 8. The molecule has 0 spiro atoms. The Morgan fingerprint density at radius 2 is 1.81 bits per heavy atom. The number of fused-ring (bicyclic) bond motifs is 1. The van der Waals surface area contributed by atoms with Gasteiger partial charge in [-0.1, -0.05) is 53.8 Å². The molecule has 0 radical (unpaired) electrons. The molecular weight excluding hydrogens is 480 g/mol. The quantitative estimate of drug-likeness (QED) is 0.457. The predicted octanol–water partition coefficient (Wildman–Crippen LogP) is 2.74. The number of allylic oxidation sites excluding steroid dienone is 1. The van der Waals surface area contributed by atoms with Crippen LogP contribution in [0.5, 0.6) is 5.75 Å². The van der Waals surface area contributed by atoms with Gasteiger partial charge in [0.25, 0.3) is 5.56 Å². The fourth-order valence-corrected chi connectivity index (χ4v) is 4.87. The van der Waals surface area contributed by atoms with Crippen molar-refractivity contribution in [1.29, 1.82) is 0 Å². The third-order valence-electron chi connectivity index (χ3n) is 5.46. The first kappa shape index (κ1) is 25.1. The van der Waals surface area contributed by atoms with Crippen LogP contribution in [0.2, 0.25) is 0 Å². The fourth-order valence-electron chi connectivity index (χ4n) is 3.82. The van der Waals surface area contributed by atoms with Crippen LogP contribution >= 0.6 is 11.3 Å². The maximum atomic E-state index is 13.6. The van der Waals surface area contributed by atoms with E-state index in [0.717, 1.165) is 11.1 Å². The average Bonchev–Trinajstić information content (AvgIpc) is 3.16. The van der Waals surface area contributed by atoms with Gasteiger partial charge in [-0.25, -0.2) is 14.6 Å². The lowest BCUT2D eigenvalue weighted by Gasteiger charge is -2.25. The van der Waals surface area contributed by atoms with Crippen LogP contribution in [-0.2, 0) is 19.1 Å².